The highest BCUT2D eigenvalue weighted by molar-refractivity contribution is 8.02. The summed E-state index contributed by atoms with van der Waals surface area (Å²) in [6.07, 6.45) is 9.19. The van der Waals surface area contributed by atoms with Crippen molar-refractivity contribution >= 4 is 23.5 Å². The number of allylic oxidation sites excluding steroid dienone is 2. The van der Waals surface area contributed by atoms with E-state index in [1.807, 2.05) is 17.8 Å². The van der Waals surface area contributed by atoms with Crippen LogP contribution in [0.3, 0.4) is 0 Å². The lowest BCUT2D eigenvalue weighted by atomic mass is 10.4. The molecule has 62 valence electrons. The zero-order valence-electron chi connectivity index (χ0n) is 6.66. The topological polar surface area (TPSA) is 0 Å². The lowest BCUT2D eigenvalue weighted by molar-refractivity contribution is 0.949. The van der Waals surface area contributed by atoms with Crippen molar-refractivity contribution in [2.24, 2.45) is 0 Å². The summed E-state index contributed by atoms with van der Waals surface area (Å²) in [7, 11) is 0. The Bertz CT molecular complexity index is 115. The number of hydrogen-bond acceptors (Lipinski definition) is 2. The summed E-state index contributed by atoms with van der Waals surface area (Å²) in [4.78, 5) is 0. The van der Waals surface area contributed by atoms with E-state index in [1.54, 1.807) is 0 Å². The zero-order valence-corrected chi connectivity index (χ0v) is 8.29. The molecule has 0 bridgehead atoms. The molecule has 0 aromatic heterocycles. The summed E-state index contributed by atoms with van der Waals surface area (Å²) < 4.78 is 0. The monoisotopic (exact) mass is 186 g/mol. The van der Waals surface area contributed by atoms with E-state index in [0.29, 0.717) is 0 Å². The highest BCUT2D eigenvalue weighted by Gasteiger charge is 1.95. The van der Waals surface area contributed by atoms with Gasteiger partial charge >= 0.3 is 0 Å². The Hall–Kier alpha value is 0.180. The molecule has 0 aromatic rings. The molecule has 0 saturated carbocycles. The largest absolute Gasteiger partial charge is 0.162 e. The van der Waals surface area contributed by atoms with Crippen LogP contribution in [-0.4, -0.2) is 17.3 Å². The van der Waals surface area contributed by atoms with Crippen molar-refractivity contribution in [1.29, 1.82) is 0 Å². The third-order valence-electron chi connectivity index (χ3n) is 1.44. The minimum Gasteiger partial charge on any atom is -0.162 e. The first-order valence-electron chi connectivity index (χ1n) is 4.01. The molecule has 0 nitrogen and oxygen atoms in total. The molecule has 0 atom stereocenters. The highest BCUT2D eigenvalue weighted by Crippen LogP contribution is 2.14. The zero-order chi connectivity index (χ0) is 7.78. The maximum absolute atomic E-state index is 2.14. The Labute approximate surface area is 77.5 Å². The van der Waals surface area contributed by atoms with E-state index in [4.69, 9.17) is 0 Å². The fraction of sp³-hybridized carbons (Fsp3) is 0.556. The SMILES string of the molecule is C1=CCSC=C1.C1CCSC1. The van der Waals surface area contributed by atoms with Crippen LogP contribution in [0.5, 0.6) is 0 Å². The van der Waals surface area contributed by atoms with E-state index >= 15 is 0 Å². The van der Waals surface area contributed by atoms with Gasteiger partial charge in [-0.05, 0) is 29.8 Å². The standard InChI is InChI=1S/C5H6S.C4H8S/c1-2-4-6-5-3-1;1-2-4-5-3-1/h1-4H,5H2;1-4H2. The lowest BCUT2D eigenvalue weighted by Gasteiger charge is -1.88. The van der Waals surface area contributed by atoms with Crippen LogP contribution < -0.4 is 0 Å². The van der Waals surface area contributed by atoms with Crippen LogP contribution in [0, 0.1) is 0 Å². The second-order valence-electron chi connectivity index (χ2n) is 2.41. The Morgan fingerprint density at radius 1 is 1.00 bits per heavy atom. The lowest BCUT2D eigenvalue weighted by Crippen LogP contribution is -1.67. The highest BCUT2D eigenvalue weighted by atomic mass is 32.2. The van der Waals surface area contributed by atoms with Crippen LogP contribution in [0.15, 0.2) is 23.6 Å². The molecule has 11 heavy (non-hydrogen) atoms. The second-order valence-corrected chi connectivity index (χ2v) is 4.57. The molecule has 0 aliphatic carbocycles. The van der Waals surface area contributed by atoms with E-state index in [0.717, 1.165) is 5.75 Å². The molecule has 0 unspecified atom stereocenters. The first-order chi connectivity index (χ1) is 5.50. The van der Waals surface area contributed by atoms with Crippen LogP contribution in [-0.2, 0) is 0 Å². The van der Waals surface area contributed by atoms with E-state index in [-0.39, 0.29) is 0 Å². The van der Waals surface area contributed by atoms with Gasteiger partial charge in [0.05, 0.1) is 0 Å². The quantitative estimate of drug-likeness (QED) is 0.569. The maximum Gasteiger partial charge on any atom is 0.0157 e. The van der Waals surface area contributed by atoms with Gasteiger partial charge in [-0.25, -0.2) is 0 Å². The van der Waals surface area contributed by atoms with Gasteiger partial charge in [0, 0.05) is 5.75 Å². The normalized spacial score (nSPS) is 21.1. The van der Waals surface area contributed by atoms with Gasteiger partial charge in [0.25, 0.3) is 0 Å². The molecular formula is C9H14S2. The van der Waals surface area contributed by atoms with Crippen molar-refractivity contribution in [1.82, 2.24) is 0 Å². The third-order valence-corrected chi connectivity index (χ3v) is 3.33. The minimum absolute atomic E-state index is 1.15. The Morgan fingerprint density at radius 2 is 1.82 bits per heavy atom. The molecule has 0 radical (unpaired) electrons. The molecule has 2 heteroatoms. The molecule has 2 aliphatic heterocycles. The number of rotatable bonds is 0. The maximum atomic E-state index is 2.14. The van der Waals surface area contributed by atoms with Gasteiger partial charge in [0.1, 0.15) is 0 Å². The summed E-state index contributed by atoms with van der Waals surface area (Å²) >= 11 is 3.90. The van der Waals surface area contributed by atoms with Gasteiger partial charge < -0.3 is 0 Å². The molecule has 0 aromatic carbocycles. The fourth-order valence-electron chi connectivity index (χ4n) is 0.856. The molecule has 2 aliphatic rings. The Morgan fingerprint density at radius 3 is 2.00 bits per heavy atom. The first kappa shape index (κ1) is 9.27. The first-order valence-corrected chi connectivity index (χ1v) is 6.21. The van der Waals surface area contributed by atoms with E-state index in [1.165, 1.54) is 24.3 Å². The van der Waals surface area contributed by atoms with E-state index < -0.39 is 0 Å². The van der Waals surface area contributed by atoms with Crippen molar-refractivity contribution in [3.05, 3.63) is 23.6 Å². The average Bonchev–Trinajstić information content (AvgIpc) is 2.64. The van der Waals surface area contributed by atoms with Crippen LogP contribution in [0.25, 0.3) is 0 Å². The Kier molecular flexibility index (Phi) is 5.78. The fourth-order valence-corrected chi connectivity index (χ4v) is 2.41. The molecule has 0 amide bonds. The van der Waals surface area contributed by atoms with Crippen molar-refractivity contribution < 1.29 is 0 Å². The van der Waals surface area contributed by atoms with E-state index in [2.05, 4.69) is 29.3 Å². The number of thioether (sulfide) groups is 2. The summed E-state index contributed by atoms with van der Waals surface area (Å²) in [6, 6.07) is 0. The summed E-state index contributed by atoms with van der Waals surface area (Å²) in [6.45, 7) is 0. The van der Waals surface area contributed by atoms with Gasteiger partial charge in [-0.1, -0.05) is 18.2 Å². The van der Waals surface area contributed by atoms with Crippen LogP contribution in [0.2, 0.25) is 0 Å². The van der Waals surface area contributed by atoms with Gasteiger partial charge in [0.2, 0.25) is 0 Å². The van der Waals surface area contributed by atoms with Crippen LogP contribution in [0.1, 0.15) is 12.8 Å². The van der Waals surface area contributed by atoms with Crippen molar-refractivity contribution in [2.45, 2.75) is 12.8 Å². The smallest absolute Gasteiger partial charge is 0.0157 e. The number of hydrogen-bond donors (Lipinski definition) is 0. The van der Waals surface area contributed by atoms with E-state index in [9.17, 15) is 0 Å². The summed E-state index contributed by atoms with van der Waals surface area (Å²) in [5.41, 5.74) is 0. The van der Waals surface area contributed by atoms with Crippen molar-refractivity contribution in [3.8, 4) is 0 Å². The molecule has 0 spiro atoms. The molecule has 2 rings (SSSR count). The molecular weight excluding hydrogens is 172 g/mol. The Balaban J connectivity index is 0.000000112. The summed E-state index contributed by atoms with van der Waals surface area (Å²) in [5, 5.41) is 2.10. The van der Waals surface area contributed by atoms with Crippen LogP contribution in [0.4, 0.5) is 0 Å². The van der Waals surface area contributed by atoms with Crippen molar-refractivity contribution in [3.63, 3.8) is 0 Å². The van der Waals surface area contributed by atoms with Crippen LogP contribution >= 0.6 is 23.5 Å². The van der Waals surface area contributed by atoms with Gasteiger partial charge in [-0.2, -0.15) is 11.8 Å². The molecule has 1 saturated heterocycles. The van der Waals surface area contributed by atoms with Gasteiger partial charge in [-0.15, -0.1) is 11.8 Å². The van der Waals surface area contributed by atoms with Gasteiger partial charge in [-0.3, -0.25) is 0 Å². The predicted octanol–water partition coefficient (Wildman–Crippen LogP) is 3.32. The predicted molar refractivity (Wildman–Crippen MR) is 57.3 cm³/mol. The molecule has 0 N–H and O–H groups in total. The van der Waals surface area contributed by atoms with Gasteiger partial charge in [0.15, 0.2) is 0 Å². The third kappa shape index (κ3) is 5.45. The summed E-state index contributed by atoms with van der Waals surface area (Å²) in [5.74, 6) is 3.98. The van der Waals surface area contributed by atoms with Crippen molar-refractivity contribution in [2.75, 3.05) is 17.3 Å². The second kappa shape index (κ2) is 6.86. The molecule has 2 heterocycles. The average molecular weight is 186 g/mol. The minimum atomic E-state index is 1.15. The molecule has 1 fully saturated rings.